The maximum Gasteiger partial charge on any atom is -1.00 e. The molecule has 0 aliphatic heterocycles. The van der Waals surface area contributed by atoms with E-state index >= 15 is 0 Å². The summed E-state index contributed by atoms with van der Waals surface area (Å²) >= 11 is -2.73. The van der Waals surface area contributed by atoms with Gasteiger partial charge in [-0.1, -0.05) is 0 Å². The third-order valence-corrected chi connectivity index (χ3v) is 21.8. The first kappa shape index (κ1) is 35.0. The Balaban J connectivity index is 0.00000221. The van der Waals surface area contributed by atoms with Crippen LogP contribution in [0.2, 0.25) is 39.3 Å². The van der Waals surface area contributed by atoms with Crippen molar-refractivity contribution < 1.29 is 46.1 Å². The van der Waals surface area contributed by atoms with Crippen LogP contribution < -0.4 is 24.8 Å². The van der Waals surface area contributed by atoms with Crippen LogP contribution >= 0.6 is 0 Å². The van der Waals surface area contributed by atoms with Crippen molar-refractivity contribution in [2.45, 2.75) is 63.2 Å². The fourth-order valence-corrected chi connectivity index (χ4v) is 22.4. The molecule has 0 N–H and O–H groups in total. The number of hydrogen-bond donors (Lipinski definition) is 0. The summed E-state index contributed by atoms with van der Waals surface area (Å²) in [5.74, 6) is 0. The minimum absolute atomic E-state index is 0. The average molecular weight is 731 g/mol. The van der Waals surface area contributed by atoms with Crippen molar-refractivity contribution in [3.63, 3.8) is 0 Å². The van der Waals surface area contributed by atoms with Gasteiger partial charge in [0.1, 0.15) is 0 Å². The largest absolute Gasteiger partial charge is 1.00 e. The summed E-state index contributed by atoms with van der Waals surface area (Å²) in [6.45, 7) is 20.0. The standard InChI is InChI=1S/C15H13.C13H10.C11H21Si2.2ClH.Zr/c1-10-3-5-14-12(7-10)9-13-8-11(2)4-6-15(13)14;1-3-7-12(8-4-1)11-13-9-5-2-6-10-13;1-12(2,3)10-8-7-9-11(10)13(4,5)6;;;/h3-9H,1-2H3;1-10H;8H,9H2,1-6H3;2*1H;/q;;;;;+2/p-2. The average Bonchev–Trinajstić information content (AvgIpc) is 3.53. The van der Waals surface area contributed by atoms with Crippen molar-refractivity contribution in [2.75, 3.05) is 0 Å². The summed E-state index contributed by atoms with van der Waals surface area (Å²) in [7, 11) is -3.01. The summed E-state index contributed by atoms with van der Waals surface area (Å²) < 4.78 is 3.92. The molecular formula is C39H44Cl2Si2Zr. The van der Waals surface area contributed by atoms with Crippen LogP contribution in [0.1, 0.15) is 43.4 Å². The fraction of sp³-hybridized carbons (Fsp3) is 0.256. The van der Waals surface area contributed by atoms with Gasteiger partial charge in [0.2, 0.25) is 0 Å². The van der Waals surface area contributed by atoms with Crippen LogP contribution in [0.25, 0.3) is 11.1 Å². The molecule has 4 aromatic carbocycles. The van der Waals surface area contributed by atoms with Gasteiger partial charge >= 0.3 is 265 Å². The second-order valence-electron chi connectivity index (χ2n) is 14.4. The van der Waals surface area contributed by atoms with E-state index in [4.69, 9.17) is 0 Å². The SMILES string of the molecule is Cc1ccc2c(c1)[CH]([Zr+2]([C]1=CC([Si](C)(C)C)=C([Si](C)(C)C)C1)=[C](c1ccccc1)c1ccccc1)c1cc(C)ccc1-2.[Cl-].[Cl-]. The summed E-state index contributed by atoms with van der Waals surface area (Å²) in [6, 6.07) is 37.4. The predicted octanol–water partition coefficient (Wildman–Crippen LogP) is 4.61. The molecule has 4 aromatic rings. The van der Waals surface area contributed by atoms with Gasteiger partial charge in [-0.2, -0.15) is 0 Å². The normalized spacial score (nSPS) is 14.1. The number of benzene rings is 4. The summed E-state index contributed by atoms with van der Waals surface area (Å²) in [5, 5.41) is 3.60. The van der Waals surface area contributed by atoms with Gasteiger partial charge in [-0.15, -0.1) is 0 Å². The van der Waals surface area contributed by atoms with E-state index < -0.39 is 37.4 Å². The Bertz CT molecular complexity index is 1680. The van der Waals surface area contributed by atoms with Crippen molar-refractivity contribution in [2.24, 2.45) is 0 Å². The molecule has 44 heavy (non-hydrogen) atoms. The molecule has 0 saturated heterocycles. The number of rotatable bonds is 6. The first-order valence-corrected chi connectivity index (χ1v) is 26.3. The summed E-state index contributed by atoms with van der Waals surface area (Å²) in [6.07, 6.45) is 4.00. The van der Waals surface area contributed by atoms with E-state index in [0.29, 0.717) is 3.63 Å². The van der Waals surface area contributed by atoms with Crippen LogP contribution in [0, 0.1) is 13.8 Å². The molecule has 0 spiro atoms. The molecule has 0 aromatic heterocycles. The van der Waals surface area contributed by atoms with Gasteiger partial charge in [0.15, 0.2) is 0 Å². The molecule has 0 nitrogen and oxygen atoms in total. The zero-order valence-corrected chi connectivity index (χ0v) is 33.3. The first-order chi connectivity index (χ1) is 19.9. The molecular weight excluding hydrogens is 687 g/mol. The van der Waals surface area contributed by atoms with E-state index in [9.17, 15) is 0 Å². The Morgan fingerprint density at radius 3 is 1.45 bits per heavy atom. The first-order valence-electron chi connectivity index (χ1n) is 15.4. The second kappa shape index (κ2) is 13.5. The maximum absolute atomic E-state index is 2.80. The van der Waals surface area contributed by atoms with Crippen molar-refractivity contribution in [3.8, 4) is 11.1 Å². The van der Waals surface area contributed by atoms with Gasteiger partial charge in [-0.05, 0) is 0 Å². The quantitative estimate of drug-likeness (QED) is 0.255. The van der Waals surface area contributed by atoms with E-state index in [1.165, 1.54) is 39.8 Å². The third kappa shape index (κ3) is 6.65. The Morgan fingerprint density at radius 1 is 0.614 bits per heavy atom. The monoisotopic (exact) mass is 728 g/mol. The zero-order chi connectivity index (χ0) is 29.8. The number of fused-ring (bicyclic) bond motifs is 3. The number of halogens is 2. The molecule has 0 amide bonds. The Kier molecular flexibility index (Phi) is 10.7. The van der Waals surface area contributed by atoms with Gasteiger partial charge in [0, 0.05) is 0 Å². The van der Waals surface area contributed by atoms with Gasteiger partial charge < -0.3 is 24.8 Å². The van der Waals surface area contributed by atoms with Crippen molar-refractivity contribution in [3.05, 3.63) is 150 Å². The molecule has 0 unspecified atom stereocenters. The molecule has 0 radical (unpaired) electrons. The molecule has 226 valence electrons. The predicted molar refractivity (Wildman–Crippen MR) is 186 cm³/mol. The van der Waals surface area contributed by atoms with E-state index in [0.717, 1.165) is 0 Å². The molecule has 5 heteroatoms. The minimum atomic E-state index is -2.73. The Morgan fingerprint density at radius 2 is 1.07 bits per heavy atom. The van der Waals surface area contributed by atoms with Gasteiger partial charge in [-0.25, -0.2) is 0 Å². The van der Waals surface area contributed by atoms with Crippen LogP contribution in [0.15, 0.2) is 117 Å². The van der Waals surface area contributed by atoms with Crippen LogP contribution in [-0.4, -0.2) is 19.4 Å². The van der Waals surface area contributed by atoms with Gasteiger partial charge in [0.05, 0.1) is 0 Å². The molecule has 0 heterocycles. The van der Waals surface area contributed by atoms with Crippen molar-refractivity contribution in [1.29, 1.82) is 0 Å². The third-order valence-electron chi connectivity index (χ3n) is 9.08. The molecule has 0 bridgehead atoms. The van der Waals surface area contributed by atoms with E-state index in [2.05, 4.69) is 156 Å². The van der Waals surface area contributed by atoms with Crippen LogP contribution in [0.3, 0.4) is 0 Å². The van der Waals surface area contributed by atoms with E-state index in [-0.39, 0.29) is 24.8 Å². The van der Waals surface area contributed by atoms with Crippen molar-refractivity contribution >= 4 is 19.4 Å². The van der Waals surface area contributed by atoms with E-state index in [1.807, 2.05) is 8.48 Å². The van der Waals surface area contributed by atoms with Crippen LogP contribution in [0.4, 0.5) is 0 Å². The molecule has 2 aliphatic rings. The number of aryl methyl sites for hydroxylation is 2. The smallest absolute Gasteiger partial charge is 1.00 e. The number of allylic oxidation sites excluding steroid dienone is 4. The van der Waals surface area contributed by atoms with Crippen LogP contribution in [0.5, 0.6) is 0 Å². The van der Waals surface area contributed by atoms with Gasteiger partial charge in [0.25, 0.3) is 0 Å². The van der Waals surface area contributed by atoms with Crippen LogP contribution in [-0.2, 0) is 21.3 Å². The topological polar surface area (TPSA) is 0 Å². The zero-order valence-electron chi connectivity index (χ0n) is 27.4. The Labute approximate surface area is 287 Å². The fourth-order valence-electron chi connectivity index (χ4n) is 7.10. The second-order valence-corrected chi connectivity index (χ2v) is 30.8. The summed E-state index contributed by atoms with van der Waals surface area (Å²) in [4.78, 5) is 0. The van der Waals surface area contributed by atoms with Gasteiger partial charge in [-0.3, -0.25) is 0 Å². The summed E-state index contributed by atoms with van der Waals surface area (Å²) in [5.41, 5.74) is 11.7. The molecule has 0 fully saturated rings. The molecule has 0 atom stereocenters. The molecule has 0 saturated carbocycles. The van der Waals surface area contributed by atoms with E-state index in [1.54, 1.807) is 19.5 Å². The Hall–Kier alpha value is -1.87. The minimum Gasteiger partial charge on any atom is -1.00 e. The molecule has 6 rings (SSSR count). The molecule has 2 aliphatic carbocycles. The maximum atomic E-state index is 2.80. The number of hydrogen-bond acceptors (Lipinski definition) is 0. The van der Waals surface area contributed by atoms with Crippen molar-refractivity contribution in [1.82, 2.24) is 0 Å².